The molecule has 4 heteroatoms. The molecule has 0 saturated carbocycles. The van der Waals surface area contributed by atoms with Crippen LogP contribution in [0.25, 0.3) is 0 Å². The van der Waals surface area contributed by atoms with Gasteiger partial charge in [0.2, 0.25) is 0 Å². The molecule has 0 radical (unpaired) electrons. The lowest BCUT2D eigenvalue weighted by Crippen LogP contribution is -2.21. The Morgan fingerprint density at radius 1 is 1.50 bits per heavy atom. The molecule has 0 saturated heterocycles. The Morgan fingerprint density at radius 2 is 2.25 bits per heavy atom. The van der Waals surface area contributed by atoms with Crippen molar-refractivity contribution in [2.45, 2.75) is 6.54 Å². The van der Waals surface area contributed by atoms with E-state index in [9.17, 15) is 0 Å². The molecule has 0 aliphatic carbocycles. The van der Waals surface area contributed by atoms with Crippen LogP contribution in [0.1, 0.15) is 11.1 Å². The van der Waals surface area contributed by atoms with E-state index in [0.717, 1.165) is 24.4 Å². The third-order valence-electron chi connectivity index (χ3n) is 2.37. The number of benzene rings is 1. The first kappa shape index (κ1) is 13.1. The van der Waals surface area contributed by atoms with Crippen molar-refractivity contribution < 1.29 is 0 Å². The molecule has 0 fully saturated rings. The molecule has 0 amide bonds. The fraction of sp³-hybridized carbons (Fsp3) is 0.417. The van der Waals surface area contributed by atoms with Crippen LogP contribution in [0.5, 0.6) is 0 Å². The van der Waals surface area contributed by atoms with E-state index in [1.807, 2.05) is 30.0 Å². The minimum Gasteiger partial charge on any atom is -0.384 e. The van der Waals surface area contributed by atoms with Gasteiger partial charge in [0.1, 0.15) is 5.84 Å². The number of hydrogen-bond donors (Lipinski definition) is 2. The summed E-state index contributed by atoms with van der Waals surface area (Å²) in [6, 6.07) is 7.88. The van der Waals surface area contributed by atoms with Crippen molar-refractivity contribution in [1.82, 2.24) is 4.90 Å². The number of nitrogens with zero attached hydrogens (tertiary/aromatic N) is 1. The summed E-state index contributed by atoms with van der Waals surface area (Å²) in [5.41, 5.74) is 7.47. The monoisotopic (exact) mass is 237 g/mol. The van der Waals surface area contributed by atoms with Crippen molar-refractivity contribution in [2.75, 3.05) is 25.6 Å². The maximum absolute atomic E-state index is 7.39. The summed E-state index contributed by atoms with van der Waals surface area (Å²) in [6.07, 6.45) is 2.12. The van der Waals surface area contributed by atoms with Crippen LogP contribution >= 0.6 is 11.8 Å². The first-order chi connectivity index (χ1) is 7.63. The number of amidine groups is 1. The smallest absolute Gasteiger partial charge is 0.122 e. The number of hydrogen-bond acceptors (Lipinski definition) is 3. The predicted molar refractivity (Wildman–Crippen MR) is 72.2 cm³/mol. The highest BCUT2D eigenvalue weighted by molar-refractivity contribution is 7.98. The summed E-state index contributed by atoms with van der Waals surface area (Å²) in [6.45, 7) is 1.98. The summed E-state index contributed by atoms with van der Waals surface area (Å²) in [5.74, 6) is 1.27. The Morgan fingerprint density at radius 3 is 2.88 bits per heavy atom. The minimum absolute atomic E-state index is 0.133. The SMILES string of the molecule is CSCCN(C)Cc1cccc(C(=N)N)c1. The minimum atomic E-state index is 0.133. The highest BCUT2D eigenvalue weighted by Crippen LogP contribution is 2.07. The Balaban J connectivity index is 2.59. The van der Waals surface area contributed by atoms with Gasteiger partial charge in [0.15, 0.2) is 0 Å². The van der Waals surface area contributed by atoms with Crippen LogP contribution in [0.2, 0.25) is 0 Å². The fourth-order valence-electron chi connectivity index (χ4n) is 1.48. The molecule has 0 heterocycles. The van der Waals surface area contributed by atoms with Crippen LogP contribution in [-0.2, 0) is 6.54 Å². The lowest BCUT2D eigenvalue weighted by atomic mass is 10.1. The van der Waals surface area contributed by atoms with E-state index >= 15 is 0 Å². The van der Waals surface area contributed by atoms with Gasteiger partial charge < -0.3 is 10.6 Å². The zero-order chi connectivity index (χ0) is 12.0. The van der Waals surface area contributed by atoms with Gasteiger partial charge >= 0.3 is 0 Å². The quantitative estimate of drug-likeness (QED) is 0.585. The van der Waals surface area contributed by atoms with Crippen LogP contribution in [-0.4, -0.2) is 36.3 Å². The number of rotatable bonds is 6. The molecule has 3 N–H and O–H groups in total. The largest absolute Gasteiger partial charge is 0.384 e. The third kappa shape index (κ3) is 4.24. The summed E-state index contributed by atoms with van der Waals surface area (Å²) >= 11 is 1.85. The Bertz CT molecular complexity index is 352. The molecule has 0 aliphatic rings. The summed E-state index contributed by atoms with van der Waals surface area (Å²) in [7, 11) is 2.11. The van der Waals surface area contributed by atoms with Crippen LogP contribution in [0.15, 0.2) is 24.3 Å². The van der Waals surface area contributed by atoms with E-state index < -0.39 is 0 Å². The summed E-state index contributed by atoms with van der Waals surface area (Å²) in [5, 5.41) is 7.39. The van der Waals surface area contributed by atoms with Crippen LogP contribution < -0.4 is 5.73 Å². The topological polar surface area (TPSA) is 53.1 Å². The zero-order valence-electron chi connectivity index (χ0n) is 9.86. The van der Waals surface area contributed by atoms with E-state index in [1.54, 1.807) is 0 Å². The molecule has 3 nitrogen and oxygen atoms in total. The van der Waals surface area contributed by atoms with Gasteiger partial charge in [-0.25, -0.2) is 0 Å². The van der Waals surface area contributed by atoms with E-state index in [4.69, 9.17) is 11.1 Å². The van der Waals surface area contributed by atoms with Gasteiger partial charge in [-0.2, -0.15) is 11.8 Å². The zero-order valence-corrected chi connectivity index (χ0v) is 10.7. The second-order valence-electron chi connectivity index (χ2n) is 3.84. The van der Waals surface area contributed by atoms with Gasteiger partial charge in [0, 0.05) is 24.4 Å². The van der Waals surface area contributed by atoms with Gasteiger partial charge in [-0.3, -0.25) is 5.41 Å². The lowest BCUT2D eigenvalue weighted by molar-refractivity contribution is 0.349. The maximum atomic E-state index is 7.39. The lowest BCUT2D eigenvalue weighted by Gasteiger charge is -2.16. The molecule has 0 atom stereocenters. The van der Waals surface area contributed by atoms with E-state index in [-0.39, 0.29) is 5.84 Å². The van der Waals surface area contributed by atoms with Gasteiger partial charge in [-0.1, -0.05) is 18.2 Å². The van der Waals surface area contributed by atoms with Gasteiger partial charge in [0.05, 0.1) is 0 Å². The molecule has 0 spiro atoms. The van der Waals surface area contributed by atoms with Gasteiger partial charge in [0.25, 0.3) is 0 Å². The molecule has 0 bridgehead atoms. The molecular weight excluding hydrogens is 218 g/mol. The third-order valence-corrected chi connectivity index (χ3v) is 2.96. The molecule has 0 aliphatic heterocycles. The maximum Gasteiger partial charge on any atom is 0.122 e. The average Bonchev–Trinajstić information content (AvgIpc) is 2.26. The highest BCUT2D eigenvalue weighted by Gasteiger charge is 2.02. The second-order valence-corrected chi connectivity index (χ2v) is 4.83. The standard InChI is InChI=1S/C12H19N3S/c1-15(6-7-16-2)9-10-4-3-5-11(8-10)12(13)14/h3-5,8H,6-7,9H2,1-2H3,(H3,13,14). The number of thioether (sulfide) groups is 1. The molecular formula is C12H19N3S. The van der Waals surface area contributed by atoms with Gasteiger partial charge in [-0.15, -0.1) is 0 Å². The van der Waals surface area contributed by atoms with Crippen molar-refractivity contribution >= 4 is 17.6 Å². The van der Waals surface area contributed by atoms with Crippen molar-refractivity contribution in [3.05, 3.63) is 35.4 Å². The highest BCUT2D eigenvalue weighted by atomic mass is 32.2. The fourth-order valence-corrected chi connectivity index (χ4v) is 1.97. The molecule has 1 aromatic carbocycles. The Hall–Kier alpha value is -1.00. The van der Waals surface area contributed by atoms with Crippen LogP contribution in [0.4, 0.5) is 0 Å². The van der Waals surface area contributed by atoms with Crippen molar-refractivity contribution in [1.29, 1.82) is 5.41 Å². The van der Waals surface area contributed by atoms with E-state index in [1.165, 1.54) is 5.56 Å². The number of nitrogens with one attached hydrogen (secondary N) is 1. The molecule has 88 valence electrons. The number of nitrogens with two attached hydrogens (primary N) is 1. The second kappa shape index (κ2) is 6.55. The van der Waals surface area contributed by atoms with Crippen molar-refractivity contribution in [3.8, 4) is 0 Å². The van der Waals surface area contributed by atoms with Crippen molar-refractivity contribution in [3.63, 3.8) is 0 Å². The first-order valence-corrected chi connectivity index (χ1v) is 6.63. The predicted octanol–water partition coefficient (Wildman–Crippen LogP) is 1.77. The van der Waals surface area contributed by atoms with Gasteiger partial charge in [-0.05, 0) is 24.9 Å². The molecule has 0 aromatic heterocycles. The summed E-state index contributed by atoms with van der Waals surface area (Å²) in [4.78, 5) is 2.27. The molecule has 0 unspecified atom stereocenters. The molecule has 1 aromatic rings. The normalized spacial score (nSPS) is 10.7. The van der Waals surface area contributed by atoms with Crippen LogP contribution in [0.3, 0.4) is 0 Å². The summed E-state index contributed by atoms with van der Waals surface area (Å²) < 4.78 is 0. The first-order valence-electron chi connectivity index (χ1n) is 5.24. The van der Waals surface area contributed by atoms with Crippen LogP contribution in [0, 0.1) is 5.41 Å². The molecule has 16 heavy (non-hydrogen) atoms. The van der Waals surface area contributed by atoms with E-state index in [0.29, 0.717) is 0 Å². The Labute approximate surface area is 102 Å². The average molecular weight is 237 g/mol. The molecule has 1 rings (SSSR count). The number of nitrogen functional groups attached to an aromatic ring is 1. The Kier molecular flexibility index (Phi) is 5.35. The van der Waals surface area contributed by atoms with E-state index in [2.05, 4.69) is 24.3 Å². The van der Waals surface area contributed by atoms with Crippen molar-refractivity contribution in [2.24, 2.45) is 5.73 Å².